The Hall–Kier alpha value is -1.21. The lowest BCUT2D eigenvalue weighted by atomic mass is 9.78. The van der Waals surface area contributed by atoms with Gasteiger partial charge in [-0.05, 0) is 19.3 Å². The van der Waals surface area contributed by atoms with Gasteiger partial charge in [-0.25, -0.2) is 0 Å². The van der Waals surface area contributed by atoms with Crippen LogP contribution in [0.3, 0.4) is 0 Å². The second-order valence-corrected chi connectivity index (χ2v) is 5.71. The van der Waals surface area contributed by atoms with E-state index in [1.807, 2.05) is 6.92 Å². The summed E-state index contributed by atoms with van der Waals surface area (Å²) in [5, 5.41) is 2.79. The molecular formula is C13H21N3O3S. The zero-order valence-electron chi connectivity index (χ0n) is 11.7. The number of nitrogens with two attached hydrogens (primary N) is 1. The van der Waals surface area contributed by atoms with E-state index in [0.29, 0.717) is 45.6 Å². The van der Waals surface area contributed by atoms with Crippen molar-refractivity contribution < 1.29 is 14.3 Å². The van der Waals surface area contributed by atoms with Crippen LogP contribution in [0, 0.1) is 5.41 Å². The van der Waals surface area contributed by atoms with E-state index in [9.17, 15) is 9.59 Å². The lowest BCUT2D eigenvalue weighted by molar-refractivity contribution is -0.151. The first-order chi connectivity index (χ1) is 9.53. The lowest BCUT2D eigenvalue weighted by Crippen LogP contribution is -2.62. The summed E-state index contributed by atoms with van der Waals surface area (Å²) < 4.78 is 5.32. The first-order valence-electron chi connectivity index (χ1n) is 6.99. The molecule has 0 aromatic rings. The summed E-state index contributed by atoms with van der Waals surface area (Å²) >= 11 is 5.15. The average molecular weight is 299 g/mol. The topological polar surface area (TPSA) is 84.7 Å². The van der Waals surface area contributed by atoms with E-state index in [1.165, 1.54) is 0 Å². The molecule has 2 aliphatic rings. The fourth-order valence-corrected chi connectivity index (χ4v) is 3.22. The summed E-state index contributed by atoms with van der Waals surface area (Å²) in [6.45, 7) is 3.83. The molecule has 2 heterocycles. The molecule has 0 spiro atoms. The molecule has 6 nitrogen and oxygen atoms in total. The highest BCUT2D eigenvalue weighted by Gasteiger charge is 2.48. The van der Waals surface area contributed by atoms with Gasteiger partial charge in [-0.15, -0.1) is 0 Å². The highest BCUT2D eigenvalue weighted by Crippen LogP contribution is 2.34. The van der Waals surface area contributed by atoms with Gasteiger partial charge in [0.25, 0.3) is 0 Å². The maximum Gasteiger partial charge on any atom is 0.242 e. The largest absolute Gasteiger partial charge is 0.392 e. The Balaban J connectivity index is 2.26. The van der Waals surface area contributed by atoms with Crippen LogP contribution in [0.2, 0.25) is 0 Å². The lowest BCUT2D eigenvalue weighted by Gasteiger charge is -2.43. The normalized spacial score (nSPS) is 25.9. The Kier molecular flexibility index (Phi) is 4.59. The van der Waals surface area contributed by atoms with Crippen LogP contribution in [0.1, 0.15) is 26.2 Å². The Morgan fingerprint density at radius 3 is 2.75 bits per heavy atom. The van der Waals surface area contributed by atoms with Gasteiger partial charge in [-0.3, -0.25) is 9.59 Å². The van der Waals surface area contributed by atoms with Crippen molar-refractivity contribution in [3.05, 3.63) is 0 Å². The molecule has 0 radical (unpaired) electrons. The van der Waals surface area contributed by atoms with E-state index in [2.05, 4.69) is 5.32 Å². The average Bonchev–Trinajstić information content (AvgIpc) is 2.46. The molecule has 0 saturated carbocycles. The molecule has 0 aromatic heterocycles. The SMILES string of the molecule is CCC1C(=O)NCCN1C(=O)C1(C(N)=S)CCOCC1. The number of hydrogen-bond acceptors (Lipinski definition) is 4. The first-order valence-corrected chi connectivity index (χ1v) is 7.40. The van der Waals surface area contributed by atoms with Crippen molar-refractivity contribution in [1.29, 1.82) is 0 Å². The zero-order valence-corrected chi connectivity index (χ0v) is 12.5. The van der Waals surface area contributed by atoms with Crippen molar-refractivity contribution in [2.24, 2.45) is 11.1 Å². The van der Waals surface area contributed by atoms with Crippen molar-refractivity contribution in [3.8, 4) is 0 Å². The fourth-order valence-electron chi connectivity index (χ4n) is 2.92. The van der Waals surface area contributed by atoms with Crippen LogP contribution in [0.15, 0.2) is 0 Å². The third-order valence-electron chi connectivity index (χ3n) is 4.21. The standard InChI is InChI=1S/C13H21N3O3S/c1-2-9-10(17)15-5-6-16(9)12(18)13(11(14)20)3-7-19-8-4-13/h9H,2-8H2,1H3,(H2,14,20)(H,15,17). The molecule has 0 aromatic carbocycles. The summed E-state index contributed by atoms with van der Waals surface area (Å²) in [5.74, 6) is -0.216. The number of thiocarbonyl (C=S) groups is 1. The van der Waals surface area contributed by atoms with E-state index >= 15 is 0 Å². The smallest absolute Gasteiger partial charge is 0.242 e. The molecule has 7 heteroatoms. The number of amides is 2. The van der Waals surface area contributed by atoms with Gasteiger partial charge in [0.2, 0.25) is 11.8 Å². The third kappa shape index (κ3) is 2.52. The minimum absolute atomic E-state index is 0.0998. The van der Waals surface area contributed by atoms with Gasteiger partial charge >= 0.3 is 0 Å². The number of carbonyl (C=O) groups excluding carboxylic acids is 2. The Morgan fingerprint density at radius 2 is 2.20 bits per heavy atom. The highest BCUT2D eigenvalue weighted by atomic mass is 32.1. The number of piperazine rings is 1. The van der Waals surface area contributed by atoms with Crippen LogP contribution in [-0.4, -0.2) is 54.0 Å². The summed E-state index contributed by atoms with van der Waals surface area (Å²) in [6.07, 6.45) is 1.58. The van der Waals surface area contributed by atoms with Crippen LogP contribution in [-0.2, 0) is 14.3 Å². The number of hydrogen-bond donors (Lipinski definition) is 2. The van der Waals surface area contributed by atoms with Gasteiger partial charge in [0.15, 0.2) is 0 Å². The number of nitrogens with zero attached hydrogens (tertiary/aromatic N) is 1. The minimum atomic E-state index is -0.849. The number of carbonyl (C=O) groups is 2. The molecule has 0 bridgehead atoms. The second kappa shape index (κ2) is 6.05. The highest BCUT2D eigenvalue weighted by molar-refractivity contribution is 7.80. The molecule has 20 heavy (non-hydrogen) atoms. The molecule has 112 valence electrons. The van der Waals surface area contributed by atoms with Gasteiger partial charge in [0, 0.05) is 26.3 Å². The molecular weight excluding hydrogens is 278 g/mol. The number of ether oxygens (including phenoxy) is 1. The van der Waals surface area contributed by atoms with Crippen molar-refractivity contribution in [2.45, 2.75) is 32.2 Å². The van der Waals surface area contributed by atoms with Crippen molar-refractivity contribution in [3.63, 3.8) is 0 Å². The van der Waals surface area contributed by atoms with Gasteiger partial charge in [0.05, 0.1) is 4.99 Å². The van der Waals surface area contributed by atoms with Gasteiger partial charge in [0.1, 0.15) is 11.5 Å². The summed E-state index contributed by atoms with van der Waals surface area (Å²) in [4.78, 5) is 26.7. The molecule has 2 amide bonds. The molecule has 2 fully saturated rings. The fraction of sp³-hybridized carbons (Fsp3) is 0.769. The second-order valence-electron chi connectivity index (χ2n) is 5.27. The predicted octanol–water partition coefficient (Wildman–Crippen LogP) is -0.194. The van der Waals surface area contributed by atoms with Gasteiger partial charge < -0.3 is 20.7 Å². The Morgan fingerprint density at radius 1 is 1.55 bits per heavy atom. The van der Waals surface area contributed by atoms with Crippen molar-refractivity contribution >= 4 is 29.0 Å². The number of nitrogens with one attached hydrogen (secondary N) is 1. The first kappa shape index (κ1) is 15.2. The summed E-state index contributed by atoms with van der Waals surface area (Å²) in [5.41, 5.74) is 5.01. The monoisotopic (exact) mass is 299 g/mol. The Labute approximate surface area is 124 Å². The molecule has 3 N–H and O–H groups in total. The zero-order chi connectivity index (χ0) is 14.8. The summed E-state index contributed by atoms with van der Waals surface area (Å²) in [7, 11) is 0. The molecule has 2 rings (SSSR count). The maximum atomic E-state index is 13.0. The van der Waals surface area contributed by atoms with Gasteiger partial charge in [-0.2, -0.15) is 0 Å². The van der Waals surface area contributed by atoms with Crippen LogP contribution >= 0.6 is 12.2 Å². The van der Waals surface area contributed by atoms with Crippen molar-refractivity contribution in [2.75, 3.05) is 26.3 Å². The quantitative estimate of drug-likeness (QED) is 0.705. The molecule has 2 aliphatic heterocycles. The van der Waals surface area contributed by atoms with Gasteiger partial charge in [-0.1, -0.05) is 19.1 Å². The van der Waals surface area contributed by atoms with Crippen LogP contribution in [0.5, 0.6) is 0 Å². The number of rotatable bonds is 3. The van der Waals surface area contributed by atoms with E-state index in [0.717, 1.165) is 0 Å². The maximum absolute atomic E-state index is 13.0. The van der Waals surface area contributed by atoms with E-state index in [4.69, 9.17) is 22.7 Å². The van der Waals surface area contributed by atoms with E-state index < -0.39 is 11.5 Å². The molecule has 2 saturated heterocycles. The third-order valence-corrected chi connectivity index (χ3v) is 4.60. The van der Waals surface area contributed by atoms with Crippen LogP contribution in [0.4, 0.5) is 0 Å². The molecule has 1 unspecified atom stereocenters. The molecule has 0 aliphatic carbocycles. The van der Waals surface area contributed by atoms with Crippen molar-refractivity contribution in [1.82, 2.24) is 10.2 Å². The van der Waals surface area contributed by atoms with Crippen LogP contribution in [0.25, 0.3) is 0 Å². The van der Waals surface area contributed by atoms with E-state index in [-0.39, 0.29) is 16.8 Å². The van der Waals surface area contributed by atoms with Crippen LogP contribution < -0.4 is 11.1 Å². The Bertz CT molecular complexity index is 421. The molecule has 1 atom stereocenters. The minimum Gasteiger partial charge on any atom is -0.392 e. The predicted molar refractivity (Wildman–Crippen MR) is 78.1 cm³/mol. The summed E-state index contributed by atoms with van der Waals surface area (Å²) in [6, 6.07) is -0.426. The van der Waals surface area contributed by atoms with E-state index in [1.54, 1.807) is 4.90 Å².